The Kier molecular flexibility index (Phi) is 4.66. The van der Waals surface area contributed by atoms with Gasteiger partial charge in [0.1, 0.15) is 6.04 Å². The molecular formula is C16H18N4O2S. The summed E-state index contributed by atoms with van der Waals surface area (Å²) in [5, 5.41) is 3.25. The highest BCUT2D eigenvalue weighted by molar-refractivity contribution is 7.10. The normalized spacial score (nSPS) is 15.7. The van der Waals surface area contributed by atoms with Crippen molar-refractivity contribution in [2.75, 3.05) is 11.9 Å². The summed E-state index contributed by atoms with van der Waals surface area (Å²) in [7, 11) is 0. The second-order valence-corrected chi connectivity index (χ2v) is 6.14. The minimum Gasteiger partial charge on any atom is -0.331 e. The lowest BCUT2D eigenvalue weighted by Gasteiger charge is -2.25. The van der Waals surface area contributed by atoms with Crippen LogP contribution in [0.4, 0.5) is 5.13 Å². The van der Waals surface area contributed by atoms with Crippen molar-refractivity contribution in [3.05, 3.63) is 30.3 Å². The zero-order chi connectivity index (χ0) is 16.2. The van der Waals surface area contributed by atoms with Crippen molar-refractivity contribution < 1.29 is 9.59 Å². The van der Waals surface area contributed by atoms with Crippen molar-refractivity contribution in [1.29, 1.82) is 0 Å². The van der Waals surface area contributed by atoms with Crippen LogP contribution in [0.1, 0.15) is 26.2 Å². The second-order valence-electron chi connectivity index (χ2n) is 5.39. The lowest BCUT2D eigenvalue weighted by molar-refractivity contribution is -0.135. The van der Waals surface area contributed by atoms with Crippen LogP contribution in [0, 0.1) is 0 Å². The van der Waals surface area contributed by atoms with E-state index in [1.807, 2.05) is 37.3 Å². The molecule has 1 unspecified atom stereocenters. The monoisotopic (exact) mass is 330 g/mol. The molecule has 0 aliphatic carbocycles. The third-order valence-electron chi connectivity index (χ3n) is 3.86. The molecule has 1 aliphatic heterocycles. The molecule has 2 amide bonds. The summed E-state index contributed by atoms with van der Waals surface area (Å²) in [6.07, 6.45) is 1.93. The van der Waals surface area contributed by atoms with Crippen molar-refractivity contribution in [3.63, 3.8) is 0 Å². The molecule has 6 nitrogen and oxygen atoms in total. The van der Waals surface area contributed by atoms with Crippen LogP contribution in [0.15, 0.2) is 30.3 Å². The molecule has 120 valence electrons. The fraction of sp³-hybridized carbons (Fsp3) is 0.375. The predicted molar refractivity (Wildman–Crippen MR) is 89.0 cm³/mol. The molecule has 0 radical (unpaired) electrons. The molecule has 1 fully saturated rings. The molecule has 1 N–H and O–H groups in total. The van der Waals surface area contributed by atoms with Gasteiger partial charge in [0.05, 0.1) is 0 Å². The SMILES string of the molecule is CCC(C(=O)Nc1nc(-c2ccccc2)ns1)N1CCCC1=O. The van der Waals surface area contributed by atoms with E-state index in [4.69, 9.17) is 0 Å². The first-order valence-electron chi connectivity index (χ1n) is 7.68. The Morgan fingerprint density at radius 1 is 1.39 bits per heavy atom. The Morgan fingerprint density at radius 2 is 2.17 bits per heavy atom. The minimum atomic E-state index is -0.436. The molecular weight excluding hydrogens is 312 g/mol. The summed E-state index contributed by atoms with van der Waals surface area (Å²) in [4.78, 5) is 30.3. The molecule has 1 aliphatic rings. The van der Waals surface area contributed by atoms with Gasteiger partial charge in [0.15, 0.2) is 5.82 Å². The highest BCUT2D eigenvalue weighted by Gasteiger charge is 2.31. The number of amides is 2. The fourth-order valence-electron chi connectivity index (χ4n) is 2.71. The number of rotatable bonds is 5. The number of hydrogen-bond donors (Lipinski definition) is 1. The minimum absolute atomic E-state index is 0.0502. The van der Waals surface area contributed by atoms with Crippen LogP contribution in [0.25, 0.3) is 11.4 Å². The van der Waals surface area contributed by atoms with E-state index in [2.05, 4.69) is 14.7 Å². The van der Waals surface area contributed by atoms with Gasteiger partial charge in [-0.1, -0.05) is 37.3 Å². The van der Waals surface area contributed by atoms with Crippen molar-refractivity contribution in [3.8, 4) is 11.4 Å². The van der Waals surface area contributed by atoms with Crippen LogP contribution < -0.4 is 5.32 Å². The topological polar surface area (TPSA) is 75.2 Å². The number of aromatic nitrogens is 2. The number of hydrogen-bond acceptors (Lipinski definition) is 5. The lowest BCUT2D eigenvalue weighted by atomic mass is 10.2. The standard InChI is InChI=1S/C16H18N4O2S/c1-2-12(20-10-6-9-13(20)21)15(22)18-16-17-14(19-23-16)11-7-4-3-5-8-11/h3-5,7-8,12H,2,6,9-10H2,1H3,(H,17,18,19,22). The highest BCUT2D eigenvalue weighted by atomic mass is 32.1. The average Bonchev–Trinajstić information content (AvgIpc) is 3.19. The first kappa shape index (κ1) is 15.6. The zero-order valence-corrected chi connectivity index (χ0v) is 13.7. The van der Waals surface area contributed by atoms with Crippen molar-refractivity contribution >= 4 is 28.5 Å². The van der Waals surface area contributed by atoms with E-state index in [0.29, 0.717) is 30.3 Å². The van der Waals surface area contributed by atoms with Crippen molar-refractivity contribution in [2.24, 2.45) is 0 Å². The Balaban J connectivity index is 1.70. The number of nitrogens with one attached hydrogen (secondary N) is 1. The van der Waals surface area contributed by atoms with E-state index >= 15 is 0 Å². The molecule has 7 heteroatoms. The van der Waals surface area contributed by atoms with E-state index in [1.165, 1.54) is 0 Å². The summed E-state index contributed by atoms with van der Waals surface area (Å²) in [5.41, 5.74) is 0.908. The molecule has 0 spiro atoms. The first-order chi connectivity index (χ1) is 11.2. The number of carbonyl (C=O) groups excluding carboxylic acids is 2. The lowest BCUT2D eigenvalue weighted by Crippen LogP contribution is -2.44. The Bertz CT molecular complexity index is 701. The van der Waals surface area contributed by atoms with Gasteiger partial charge in [-0.15, -0.1) is 0 Å². The molecule has 0 bridgehead atoms. The van der Waals surface area contributed by atoms with Crippen LogP contribution in [0.3, 0.4) is 0 Å². The molecule has 23 heavy (non-hydrogen) atoms. The zero-order valence-electron chi connectivity index (χ0n) is 12.9. The predicted octanol–water partition coefficient (Wildman–Crippen LogP) is 2.54. The molecule has 2 aromatic rings. The van der Waals surface area contributed by atoms with Crippen molar-refractivity contribution in [1.82, 2.24) is 14.3 Å². The number of benzene rings is 1. The van der Waals surface area contributed by atoms with Gasteiger partial charge in [-0.05, 0) is 12.8 Å². The Labute approximate surface area is 138 Å². The summed E-state index contributed by atoms with van der Waals surface area (Å²) >= 11 is 1.15. The number of carbonyl (C=O) groups is 2. The summed E-state index contributed by atoms with van der Waals surface area (Å²) in [6, 6.07) is 9.17. The van der Waals surface area contributed by atoms with E-state index in [1.54, 1.807) is 4.90 Å². The van der Waals surface area contributed by atoms with E-state index < -0.39 is 6.04 Å². The molecule has 1 atom stereocenters. The number of nitrogens with zero attached hydrogens (tertiary/aromatic N) is 3. The molecule has 2 heterocycles. The van der Waals surface area contributed by atoms with Crippen LogP contribution in [-0.2, 0) is 9.59 Å². The highest BCUT2D eigenvalue weighted by Crippen LogP contribution is 2.22. The molecule has 0 saturated carbocycles. The van der Waals surface area contributed by atoms with E-state index in [0.717, 1.165) is 23.5 Å². The average molecular weight is 330 g/mol. The van der Waals surface area contributed by atoms with Gasteiger partial charge in [0.2, 0.25) is 16.9 Å². The van der Waals surface area contributed by atoms with Crippen LogP contribution >= 0.6 is 11.5 Å². The van der Waals surface area contributed by atoms with E-state index in [-0.39, 0.29) is 11.8 Å². The van der Waals surface area contributed by atoms with Gasteiger partial charge < -0.3 is 4.90 Å². The summed E-state index contributed by atoms with van der Waals surface area (Å²) < 4.78 is 4.27. The second kappa shape index (κ2) is 6.87. The van der Waals surface area contributed by atoms with Gasteiger partial charge in [-0.25, -0.2) is 0 Å². The van der Waals surface area contributed by atoms with Crippen LogP contribution in [0.5, 0.6) is 0 Å². The summed E-state index contributed by atoms with van der Waals surface area (Å²) in [5.74, 6) is 0.448. The maximum Gasteiger partial charge on any atom is 0.248 e. The maximum absolute atomic E-state index is 12.5. The van der Waals surface area contributed by atoms with Gasteiger partial charge >= 0.3 is 0 Å². The van der Waals surface area contributed by atoms with E-state index in [9.17, 15) is 9.59 Å². The number of likely N-dealkylation sites (tertiary alicyclic amines) is 1. The molecule has 1 aromatic heterocycles. The summed E-state index contributed by atoms with van der Waals surface area (Å²) in [6.45, 7) is 2.56. The Morgan fingerprint density at radius 3 is 2.83 bits per heavy atom. The van der Waals surface area contributed by atoms with Crippen LogP contribution in [0.2, 0.25) is 0 Å². The quantitative estimate of drug-likeness (QED) is 0.914. The smallest absolute Gasteiger partial charge is 0.248 e. The maximum atomic E-state index is 12.5. The van der Waals surface area contributed by atoms with Gasteiger partial charge in [0, 0.05) is 30.1 Å². The van der Waals surface area contributed by atoms with Crippen molar-refractivity contribution in [2.45, 2.75) is 32.2 Å². The third kappa shape index (κ3) is 3.39. The first-order valence-corrected chi connectivity index (χ1v) is 8.46. The Hall–Kier alpha value is -2.28. The molecule has 1 saturated heterocycles. The molecule has 3 rings (SSSR count). The van der Waals surface area contributed by atoms with Gasteiger partial charge in [-0.2, -0.15) is 9.36 Å². The van der Waals surface area contributed by atoms with Crippen LogP contribution in [-0.4, -0.2) is 38.7 Å². The largest absolute Gasteiger partial charge is 0.331 e. The van der Waals surface area contributed by atoms with Gasteiger partial charge in [-0.3, -0.25) is 14.9 Å². The third-order valence-corrected chi connectivity index (χ3v) is 4.49. The van der Waals surface area contributed by atoms with Gasteiger partial charge in [0.25, 0.3) is 0 Å². The fourth-order valence-corrected chi connectivity index (χ4v) is 3.31. The number of anilines is 1. The molecule has 1 aromatic carbocycles.